The van der Waals surface area contributed by atoms with E-state index in [4.69, 9.17) is 4.74 Å². The van der Waals surface area contributed by atoms with Gasteiger partial charge in [-0.05, 0) is 18.4 Å². The second-order valence-electron chi connectivity index (χ2n) is 3.71. The van der Waals surface area contributed by atoms with Gasteiger partial charge < -0.3 is 4.74 Å². The van der Waals surface area contributed by atoms with Gasteiger partial charge in [0.05, 0.1) is 7.11 Å². The zero-order valence-corrected chi connectivity index (χ0v) is 8.66. The average molecular weight is 194 g/mol. The molecule has 1 aliphatic rings. The normalized spacial score (nSPS) is 16.9. The predicted molar refractivity (Wildman–Crippen MR) is 52.6 cm³/mol. The van der Waals surface area contributed by atoms with Crippen LogP contribution in [0.2, 0.25) is 0 Å². The summed E-state index contributed by atoms with van der Waals surface area (Å²) in [6, 6.07) is 0. The lowest BCUT2D eigenvalue weighted by Gasteiger charge is -2.12. The smallest absolute Gasteiger partial charge is 0.220 e. The molecular weight excluding hydrogens is 180 g/mol. The molecule has 0 saturated carbocycles. The summed E-state index contributed by atoms with van der Waals surface area (Å²) >= 11 is 0. The first-order valence-corrected chi connectivity index (χ1v) is 4.59. The van der Waals surface area contributed by atoms with E-state index < -0.39 is 0 Å². The molecular formula is C11H14O3. The van der Waals surface area contributed by atoms with Crippen molar-refractivity contribution in [2.75, 3.05) is 7.11 Å². The third kappa shape index (κ3) is 2.31. The molecule has 1 rings (SSSR count). The number of methoxy groups -OCH3 is 1. The number of ketones is 2. The molecule has 1 aliphatic carbocycles. The topological polar surface area (TPSA) is 43.4 Å². The summed E-state index contributed by atoms with van der Waals surface area (Å²) in [5.41, 5.74) is 0.575. The molecule has 0 aliphatic heterocycles. The van der Waals surface area contributed by atoms with Crippen molar-refractivity contribution in [2.45, 2.75) is 20.3 Å². The molecule has 0 N–H and O–H groups in total. The van der Waals surface area contributed by atoms with Crippen LogP contribution < -0.4 is 0 Å². The summed E-state index contributed by atoms with van der Waals surface area (Å²) in [7, 11) is 1.39. The maximum Gasteiger partial charge on any atom is 0.220 e. The van der Waals surface area contributed by atoms with Crippen LogP contribution in [0.15, 0.2) is 23.5 Å². The van der Waals surface area contributed by atoms with Crippen molar-refractivity contribution in [3.63, 3.8) is 0 Å². The minimum Gasteiger partial charge on any atom is -0.493 e. The van der Waals surface area contributed by atoms with E-state index in [1.807, 2.05) is 13.8 Å². The van der Waals surface area contributed by atoms with Crippen molar-refractivity contribution >= 4 is 11.6 Å². The molecule has 0 spiro atoms. The van der Waals surface area contributed by atoms with Gasteiger partial charge in [0, 0.05) is 11.6 Å². The Labute approximate surface area is 83.4 Å². The van der Waals surface area contributed by atoms with Crippen LogP contribution in [0.5, 0.6) is 0 Å². The number of rotatable bonds is 3. The molecule has 0 heterocycles. The van der Waals surface area contributed by atoms with Gasteiger partial charge in [-0.15, -0.1) is 0 Å². The van der Waals surface area contributed by atoms with Crippen molar-refractivity contribution in [3.05, 3.63) is 23.5 Å². The largest absolute Gasteiger partial charge is 0.493 e. The Bertz CT molecular complexity index is 321. The van der Waals surface area contributed by atoms with Crippen LogP contribution in [-0.4, -0.2) is 18.7 Å². The van der Waals surface area contributed by atoms with Crippen LogP contribution in [0.4, 0.5) is 0 Å². The number of carbonyl (C=O) groups excluding carboxylic acids is 2. The number of hydrogen-bond acceptors (Lipinski definition) is 3. The standard InChI is InChI=1S/C11H14O3/c1-7(2)4-8-5-10(13)11(14-3)6-9(8)12/h5-7H,4H2,1-3H3. The quantitative estimate of drug-likeness (QED) is 0.641. The summed E-state index contributed by atoms with van der Waals surface area (Å²) in [4.78, 5) is 22.8. The molecule has 3 nitrogen and oxygen atoms in total. The summed E-state index contributed by atoms with van der Waals surface area (Å²) in [6.45, 7) is 4.02. The molecule has 0 unspecified atom stereocenters. The minimum absolute atomic E-state index is 0.116. The maximum absolute atomic E-state index is 11.5. The van der Waals surface area contributed by atoms with E-state index in [-0.39, 0.29) is 17.3 Å². The highest BCUT2D eigenvalue weighted by Gasteiger charge is 2.20. The molecule has 0 aromatic heterocycles. The van der Waals surface area contributed by atoms with Gasteiger partial charge in [0.25, 0.3) is 0 Å². The Kier molecular flexibility index (Phi) is 3.23. The van der Waals surface area contributed by atoms with E-state index >= 15 is 0 Å². The van der Waals surface area contributed by atoms with Crippen LogP contribution in [-0.2, 0) is 14.3 Å². The monoisotopic (exact) mass is 194 g/mol. The van der Waals surface area contributed by atoms with E-state index in [2.05, 4.69) is 0 Å². The molecule has 0 atom stereocenters. The first kappa shape index (κ1) is 10.7. The second kappa shape index (κ2) is 4.22. The molecule has 76 valence electrons. The van der Waals surface area contributed by atoms with Gasteiger partial charge in [-0.25, -0.2) is 0 Å². The highest BCUT2D eigenvalue weighted by Crippen LogP contribution is 2.18. The fourth-order valence-electron chi connectivity index (χ4n) is 1.34. The third-order valence-corrected chi connectivity index (χ3v) is 1.97. The van der Waals surface area contributed by atoms with Gasteiger partial charge in [0.2, 0.25) is 5.78 Å². The lowest BCUT2D eigenvalue weighted by molar-refractivity contribution is -0.117. The van der Waals surface area contributed by atoms with Gasteiger partial charge in [-0.3, -0.25) is 9.59 Å². The molecule has 0 amide bonds. The van der Waals surface area contributed by atoms with Gasteiger partial charge in [-0.2, -0.15) is 0 Å². The van der Waals surface area contributed by atoms with Gasteiger partial charge in [0.15, 0.2) is 11.5 Å². The van der Waals surface area contributed by atoms with Crippen molar-refractivity contribution in [2.24, 2.45) is 5.92 Å². The maximum atomic E-state index is 11.5. The molecule has 0 bridgehead atoms. The van der Waals surface area contributed by atoms with Crippen LogP contribution in [0.3, 0.4) is 0 Å². The van der Waals surface area contributed by atoms with Crippen molar-refractivity contribution in [1.29, 1.82) is 0 Å². The van der Waals surface area contributed by atoms with Gasteiger partial charge >= 0.3 is 0 Å². The molecule has 0 aromatic rings. The van der Waals surface area contributed by atoms with Crippen LogP contribution in [0.1, 0.15) is 20.3 Å². The molecule has 0 fully saturated rings. The third-order valence-electron chi connectivity index (χ3n) is 1.97. The summed E-state index contributed by atoms with van der Waals surface area (Å²) in [6.07, 6.45) is 3.28. The van der Waals surface area contributed by atoms with E-state index in [9.17, 15) is 9.59 Å². The van der Waals surface area contributed by atoms with E-state index in [1.54, 1.807) is 0 Å². The van der Waals surface area contributed by atoms with Gasteiger partial charge in [-0.1, -0.05) is 13.8 Å². The van der Waals surface area contributed by atoms with Crippen molar-refractivity contribution in [3.8, 4) is 0 Å². The first-order chi connectivity index (χ1) is 6.54. The Morgan fingerprint density at radius 3 is 2.36 bits per heavy atom. The Hall–Kier alpha value is -1.38. The second-order valence-corrected chi connectivity index (χ2v) is 3.71. The minimum atomic E-state index is -0.220. The lowest BCUT2D eigenvalue weighted by Crippen LogP contribution is -2.15. The Morgan fingerprint density at radius 1 is 1.21 bits per heavy atom. The molecule has 3 heteroatoms. The molecule has 14 heavy (non-hydrogen) atoms. The highest BCUT2D eigenvalue weighted by atomic mass is 16.5. The van der Waals surface area contributed by atoms with Crippen molar-refractivity contribution in [1.82, 2.24) is 0 Å². The first-order valence-electron chi connectivity index (χ1n) is 4.59. The predicted octanol–water partition coefficient (Wildman–Crippen LogP) is 1.64. The zero-order valence-electron chi connectivity index (χ0n) is 8.66. The Morgan fingerprint density at radius 2 is 1.86 bits per heavy atom. The average Bonchev–Trinajstić information content (AvgIpc) is 2.10. The fraction of sp³-hybridized carbons (Fsp3) is 0.455. The number of ether oxygens (including phenoxy) is 1. The van der Waals surface area contributed by atoms with Crippen LogP contribution >= 0.6 is 0 Å². The van der Waals surface area contributed by atoms with E-state index in [1.165, 1.54) is 19.3 Å². The number of allylic oxidation sites excluding steroid dienone is 3. The SMILES string of the molecule is COC1=CC(=O)C(CC(C)C)=CC1=O. The molecule has 0 aromatic carbocycles. The fourth-order valence-corrected chi connectivity index (χ4v) is 1.34. The van der Waals surface area contributed by atoms with Crippen LogP contribution in [0, 0.1) is 5.92 Å². The summed E-state index contributed by atoms with van der Waals surface area (Å²) in [5.74, 6) is 0.163. The Balaban J connectivity index is 2.84. The van der Waals surface area contributed by atoms with Gasteiger partial charge in [0.1, 0.15) is 0 Å². The lowest BCUT2D eigenvalue weighted by atomic mass is 9.94. The molecule has 0 radical (unpaired) electrons. The number of carbonyl (C=O) groups is 2. The van der Waals surface area contributed by atoms with Crippen molar-refractivity contribution < 1.29 is 14.3 Å². The number of hydrogen-bond donors (Lipinski definition) is 0. The zero-order chi connectivity index (χ0) is 10.7. The van der Waals surface area contributed by atoms with E-state index in [0.717, 1.165) is 0 Å². The van der Waals surface area contributed by atoms with E-state index in [0.29, 0.717) is 17.9 Å². The molecule has 0 saturated heterocycles. The highest BCUT2D eigenvalue weighted by molar-refractivity contribution is 6.19. The summed E-state index contributed by atoms with van der Waals surface area (Å²) < 4.78 is 4.77. The summed E-state index contributed by atoms with van der Waals surface area (Å²) in [5, 5.41) is 0. The van der Waals surface area contributed by atoms with Crippen LogP contribution in [0.25, 0.3) is 0 Å².